The molecule has 124 valence electrons. The maximum absolute atomic E-state index is 12.1. The zero-order valence-corrected chi connectivity index (χ0v) is 13.9. The molecule has 0 aliphatic carbocycles. The van der Waals surface area contributed by atoms with E-state index in [4.69, 9.17) is 0 Å². The highest BCUT2D eigenvalue weighted by Gasteiger charge is 2.31. The smallest absolute Gasteiger partial charge is 0.406 e. The summed E-state index contributed by atoms with van der Waals surface area (Å²) in [4.78, 5) is -0.149. The Bertz CT molecular complexity index is 759. The van der Waals surface area contributed by atoms with Gasteiger partial charge in [-0.1, -0.05) is 28.1 Å². The zero-order chi connectivity index (χ0) is 17.1. The predicted octanol–water partition coefficient (Wildman–Crippen LogP) is 3.83. The SMILES string of the molecule is O=S(=O)(NCc1ccc(Br)cc1)c1ccc(OC(F)(F)F)cc1. The molecule has 0 aromatic heterocycles. The second-order valence-electron chi connectivity index (χ2n) is 4.47. The van der Waals surface area contributed by atoms with Crippen LogP contribution < -0.4 is 9.46 Å². The van der Waals surface area contributed by atoms with E-state index < -0.39 is 22.1 Å². The second-order valence-corrected chi connectivity index (χ2v) is 7.15. The summed E-state index contributed by atoms with van der Waals surface area (Å²) in [6, 6.07) is 11.0. The van der Waals surface area contributed by atoms with Gasteiger partial charge in [0.15, 0.2) is 0 Å². The van der Waals surface area contributed by atoms with Gasteiger partial charge >= 0.3 is 6.36 Å². The third-order valence-electron chi connectivity index (χ3n) is 2.75. The van der Waals surface area contributed by atoms with Crippen molar-refractivity contribution < 1.29 is 26.3 Å². The zero-order valence-electron chi connectivity index (χ0n) is 11.5. The third kappa shape index (κ3) is 5.52. The van der Waals surface area contributed by atoms with Gasteiger partial charge in [0.2, 0.25) is 10.0 Å². The van der Waals surface area contributed by atoms with Crippen LogP contribution in [-0.2, 0) is 16.6 Å². The Hall–Kier alpha value is -1.58. The molecule has 0 bridgehead atoms. The fraction of sp³-hybridized carbons (Fsp3) is 0.143. The van der Waals surface area contributed by atoms with Gasteiger partial charge in [0, 0.05) is 11.0 Å². The minimum atomic E-state index is -4.82. The van der Waals surface area contributed by atoms with E-state index >= 15 is 0 Å². The number of hydrogen-bond acceptors (Lipinski definition) is 3. The molecule has 4 nitrogen and oxygen atoms in total. The lowest BCUT2D eigenvalue weighted by molar-refractivity contribution is -0.274. The molecule has 0 saturated heterocycles. The lowest BCUT2D eigenvalue weighted by Gasteiger charge is -2.10. The summed E-state index contributed by atoms with van der Waals surface area (Å²) in [7, 11) is -3.83. The monoisotopic (exact) mass is 409 g/mol. The summed E-state index contributed by atoms with van der Waals surface area (Å²) in [5.41, 5.74) is 0.744. The Kier molecular flexibility index (Phi) is 5.33. The highest BCUT2D eigenvalue weighted by atomic mass is 79.9. The number of halogens is 4. The number of sulfonamides is 1. The third-order valence-corrected chi connectivity index (χ3v) is 4.69. The predicted molar refractivity (Wildman–Crippen MR) is 81.3 cm³/mol. The van der Waals surface area contributed by atoms with Crippen LogP contribution in [-0.4, -0.2) is 14.8 Å². The molecule has 0 spiro atoms. The van der Waals surface area contributed by atoms with Crippen LogP contribution in [0, 0.1) is 0 Å². The molecule has 0 unspecified atom stereocenters. The topological polar surface area (TPSA) is 55.4 Å². The van der Waals surface area contributed by atoms with Crippen molar-refractivity contribution in [2.75, 3.05) is 0 Å². The van der Waals surface area contributed by atoms with E-state index in [-0.39, 0.29) is 11.4 Å². The van der Waals surface area contributed by atoms with Crippen molar-refractivity contribution in [3.63, 3.8) is 0 Å². The van der Waals surface area contributed by atoms with Crippen LogP contribution in [0.15, 0.2) is 57.9 Å². The van der Waals surface area contributed by atoms with Crippen LogP contribution >= 0.6 is 15.9 Å². The number of rotatable bonds is 5. The van der Waals surface area contributed by atoms with Gasteiger partial charge in [0.25, 0.3) is 0 Å². The second kappa shape index (κ2) is 6.90. The Morgan fingerprint density at radius 3 is 2.09 bits per heavy atom. The Morgan fingerprint density at radius 2 is 1.57 bits per heavy atom. The average Bonchev–Trinajstić information content (AvgIpc) is 2.46. The van der Waals surface area contributed by atoms with Crippen LogP contribution in [0.2, 0.25) is 0 Å². The summed E-state index contributed by atoms with van der Waals surface area (Å²) in [6.45, 7) is 0.0659. The molecular formula is C14H11BrF3NO3S. The number of hydrogen-bond donors (Lipinski definition) is 1. The summed E-state index contributed by atoms with van der Waals surface area (Å²) in [5, 5.41) is 0. The van der Waals surface area contributed by atoms with Crippen molar-refractivity contribution in [2.24, 2.45) is 0 Å². The molecule has 23 heavy (non-hydrogen) atoms. The van der Waals surface area contributed by atoms with Gasteiger partial charge in [-0.2, -0.15) is 0 Å². The Balaban J connectivity index is 2.05. The first-order valence-corrected chi connectivity index (χ1v) is 8.53. The molecule has 0 saturated carbocycles. The average molecular weight is 410 g/mol. The van der Waals surface area contributed by atoms with Crippen LogP contribution in [0.5, 0.6) is 5.75 Å². The summed E-state index contributed by atoms with van der Waals surface area (Å²) in [6.07, 6.45) is -4.82. The minimum absolute atomic E-state index is 0.0659. The number of benzene rings is 2. The van der Waals surface area contributed by atoms with Crippen molar-refractivity contribution >= 4 is 26.0 Å². The maximum Gasteiger partial charge on any atom is 0.573 e. The van der Waals surface area contributed by atoms with Crippen LogP contribution in [0.3, 0.4) is 0 Å². The molecule has 2 aromatic rings. The van der Waals surface area contributed by atoms with E-state index in [0.717, 1.165) is 34.3 Å². The van der Waals surface area contributed by atoms with Gasteiger partial charge in [0.1, 0.15) is 5.75 Å². The fourth-order valence-electron chi connectivity index (χ4n) is 1.68. The van der Waals surface area contributed by atoms with E-state index in [1.165, 1.54) is 0 Å². The Morgan fingerprint density at radius 1 is 1.00 bits per heavy atom. The van der Waals surface area contributed by atoms with Crippen molar-refractivity contribution in [1.29, 1.82) is 0 Å². The molecule has 2 aromatic carbocycles. The van der Waals surface area contributed by atoms with Crippen LogP contribution in [0.4, 0.5) is 13.2 Å². The molecule has 0 heterocycles. The van der Waals surface area contributed by atoms with Gasteiger partial charge in [-0.15, -0.1) is 13.2 Å². The molecule has 1 N–H and O–H groups in total. The van der Waals surface area contributed by atoms with Crippen molar-refractivity contribution in [2.45, 2.75) is 17.8 Å². The maximum atomic E-state index is 12.1. The van der Waals surface area contributed by atoms with E-state index in [0.29, 0.717) is 0 Å². The summed E-state index contributed by atoms with van der Waals surface area (Å²) >= 11 is 3.27. The first-order chi connectivity index (χ1) is 10.7. The molecule has 0 amide bonds. The lowest BCUT2D eigenvalue weighted by atomic mass is 10.2. The quantitative estimate of drug-likeness (QED) is 0.816. The van der Waals surface area contributed by atoms with E-state index in [1.807, 2.05) is 0 Å². The van der Waals surface area contributed by atoms with Gasteiger partial charge < -0.3 is 4.74 Å². The summed E-state index contributed by atoms with van der Waals surface area (Å²) in [5.74, 6) is -0.482. The van der Waals surface area contributed by atoms with Gasteiger partial charge in [-0.05, 0) is 42.0 Å². The van der Waals surface area contributed by atoms with E-state index in [2.05, 4.69) is 25.4 Å². The van der Waals surface area contributed by atoms with E-state index in [9.17, 15) is 21.6 Å². The molecule has 2 rings (SSSR count). The van der Waals surface area contributed by atoms with E-state index in [1.54, 1.807) is 24.3 Å². The van der Waals surface area contributed by atoms with Crippen LogP contribution in [0.25, 0.3) is 0 Å². The normalized spacial score (nSPS) is 12.2. The largest absolute Gasteiger partial charge is 0.573 e. The first kappa shape index (κ1) is 17.8. The van der Waals surface area contributed by atoms with Crippen molar-refractivity contribution in [3.8, 4) is 5.75 Å². The molecule has 0 atom stereocenters. The Labute approximate surface area is 139 Å². The molecule has 9 heteroatoms. The van der Waals surface area contributed by atoms with Gasteiger partial charge in [-0.25, -0.2) is 13.1 Å². The van der Waals surface area contributed by atoms with Crippen molar-refractivity contribution in [3.05, 3.63) is 58.6 Å². The van der Waals surface area contributed by atoms with Gasteiger partial charge in [-0.3, -0.25) is 0 Å². The molecule has 0 fully saturated rings. The minimum Gasteiger partial charge on any atom is -0.406 e. The molecule has 0 aliphatic rings. The molecular weight excluding hydrogens is 399 g/mol. The molecule has 0 aliphatic heterocycles. The summed E-state index contributed by atoms with van der Waals surface area (Å²) < 4.78 is 67.3. The van der Waals surface area contributed by atoms with Crippen LogP contribution in [0.1, 0.15) is 5.56 Å². The highest BCUT2D eigenvalue weighted by Crippen LogP contribution is 2.23. The van der Waals surface area contributed by atoms with Crippen molar-refractivity contribution in [1.82, 2.24) is 4.72 Å². The standard InChI is InChI=1S/C14H11BrF3NO3S/c15-11-3-1-10(2-4-11)9-19-23(20,21)13-7-5-12(6-8-13)22-14(16,17)18/h1-8,19H,9H2. The number of alkyl halides is 3. The number of nitrogens with one attached hydrogen (secondary N) is 1. The number of ether oxygens (including phenoxy) is 1. The highest BCUT2D eigenvalue weighted by molar-refractivity contribution is 9.10. The van der Waals surface area contributed by atoms with Gasteiger partial charge in [0.05, 0.1) is 4.90 Å². The first-order valence-electron chi connectivity index (χ1n) is 6.26. The lowest BCUT2D eigenvalue weighted by Crippen LogP contribution is -2.23. The fourth-order valence-corrected chi connectivity index (χ4v) is 2.97. The molecule has 0 radical (unpaired) electrons.